The Hall–Kier alpha value is -0.530. The second-order valence-corrected chi connectivity index (χ2v) is 5.48. The summed E-state index contributed by atoms with van der Waals surface area (Å²) >= 11 is 0. The zero-order valence-corrected chi connectivity index (χ0v) is 12.8. The van der Waals surface area contributed by atoms with E-state index in [4.69, 9.17) is 0 Å². The largest absolute Gasteiger partial charge is 0.354 e. The van der Waals surface area contributed by atoms with Gasteiger partial charge in [-0.25, -0.2) is 0 Å². The molecular weight excluding hydrogens is 222 g/mol. The van der Waals surface area contributed by atoms with E-state index in [0.717, 1.165) is 12.8 Å². The highest BCUT2D eigenvalue weighted by molar-refractivity contribution is 5.76. The van der Waals surface area contributed by atoms with Gasteiger partial charge in [-0.3, -0.25) is 4.79 Å². The van der Waals surface area contributed by atoms with Gasteiger partial charge < -0.3 is 5.32 Å². The molecule has 0 fully saturated rings. The molecule has 0 heterocycles. The first kappa shape index (κ1) is 17.5. The van der Waals surface area contributed by atoms with Crippen molar-refractivity contribution in [1.29, 1.82) is 0 Å². The van der Waals surface area contributed by atoms with E-state index in [1.165, 1.54) is 51.4 Å². The molecule has 0 aliphatic heterocycles. The third-order valence-electron chi connectivity index (χ3n) is 3.41. The third kappa shape index (κ3) is 11.9. The summed E-state index contributed by atoms with van der Waals surface area (Å²) in [4.78, 5) is 11.7. The van der Waals surface area contributed by atoms with Gasteiger partial charge in [-0.2, -0.15) is 0 Å². The average molecular weight is 255 g/mol. The van der Waals surface area contributed by atoms with Crippen molar-refractivity contribution < 1.29 is 4.79 Å². The molecule has 0 rings (SSSR count). The fourth-order valence-corrected chi connectivity index (χ4v) is 2.19. The van der Waals surface area contributed by atoms with Gasteiger partial charge in [0, 0.05) is 12.5 Å². The minimum Gasteiger partial charge on any atom is -0.354 e. The van der Waals surface area contributed by atoms with Crippen LogP contribution < -0.4 is 5.32 Å². The molecule has 0 bridgehead atoms. The summed E-state index contributed by atoms with van der Waals surface area (Å²) in [6.07, 6.45) is 13.1. The molecule has 2 nitrogen and oxygen atoms in total. The molecule has 1 atom stereocenters. The topological polar surface area (TPSA) is 29.1 Å². The van der Waals surface area contributed by atoms with Crippen LogP contribution in [0.25, 0.3) is 0 Å². The quantitative estimate of drug-likeness (QED) is 0.498. The number of hydrogen-bond acceptors (Lipinski definition) is 1. The molecule has 0 aliphatic carbocycles. The van der Waals surface area contributed by atoms with Crippen LogP contribution in [0.15, 0.2) is 0 Å². The van der Waals surface area contributed by atoms with Crippen molar-refractivity contribution in [3.8, 4) is 0 Å². The fourth-order valence-electron chi connectivity index (χ4n) is 2.19. The lowest BCUT2D eigenvalue weighted by Gasteiger charge is -2.13. The lowest BCUT2D eigenvalue weighted by molar-refractivity contribution is -0.121. The van der Waals surface area contributed by atoms with Gasteiger partial charge in [-0.05, 0) is 19.8 Å². The molecule has 0 aliphatic rings. The Bertz CT molecular complexity index is 192. The van der Waals surface area contributed by atoms with Crippen molar-refractivity contribution in [1.82, 2.24) is 5.32 Å². The third-order valence-corrected chi connectivity index (χ3v) is 3.41. The zero-order valence-electron chi connectivity index (χ0n) is 12.8. The maximum absolute atomic E-state index is 11.7. The number of amides is 1. The summed E-state index contributed by atoms with van der Waals surface area (Å²) in [5.74, 6) is 0.245. The Morgan fingerprint density at radius 2 is 1.44 bits per heavy atom. The molecule has 108 valence electrons. The standard InChI is InChI=1S/C16H33NO/c1-4-6-8-9-10-12-14-16(18)17-15(3)13-11-7-5-2/h15H,4-14H2,1-3H3,(H,17,18). The minimum absolute atomic E-state index is 0.245. The van der Waals surface area contributed by atoms with Crippen LogP contribution >= 0.6 is 0 Å². The Kier molecular flexibility index (Phi) is 12.5. The van der Waals surface area contributed by atoms with Crippen LogP contribution in [0.3, 0.4) is 0 Å². The van der Waals surface area contributed by atoms with Crippen molar-refractivity contribution >= 4 is 5.91 Å². The molecule has 0 aromatic rings. The molecule has 0 spiro atoms. The Balaban J connectivity index is 3.35. The lowest BCUT2D eigenvalue weighted by Crippen LogP contribution is -2.32. The van der Waals surface area contributed by atoms with Crippen LogP contribution in [-0.4, -0.2) is 11.9 Å². The van der Waals surface area contributed by atoms with Gasteiger partial charge >= 0.3 is 0 Å². The van der Waals surface area contributed by atoms with Gasteiger partial charge in [0.15, 0.2) is 0 Å². The van der Waals surface area contributed by atoms with E-state index in [9.17, 15) is 4.79 Å². The van der Waals surface area contributed by atoms with E-state index >= 15 is 0 Å². The van der Waals surface area contributed by atoms with E-state index in [0.29, 0.717) is 12.5 Å². The summed E-state index contributed by atoms with van der Waals surface area (Å²) in [6, 6.07) is 0.351. The maximum Gasteiger partial charge on any atom is 0.220 e. The highest BCUT2D eigenvalue weighted by Crippen LogP contribution is 2.07. The highest BCUT2D eigenvalue weighted by Gasteiger charge is 2.06. The van der Waals surface area contributed by atoms with Crippen molar-refractivity contribution in [2.24, 2.45) is 0 Å². The molecule has 18 heavy (non-hydrogen) atoms. The van der Waals surface area contributed by atoms with Gasteiger partial charge in [0.1, 0.15) is 0 Å². The predicted molar refractivity (Wildman–Crippen MR) is 79.7 cm³/mol. The van der Waals surface area contributed by atoms with E-state index < -0.39 is 0 Å². The van der Waals surface area contributed by atoms with Crippen LogP contribution in [0.1, 0.15) is 91.4 Å². The first-order valence-corrected chi connectivity index (χ1v) is 8.00. The second kappa shape index (κ2) is 12.9. The van der Waals surface area contributed by atoms with E-state index in [1.54, 1.807) is 0 Å². The molecule has 0 radical (unpaired) electrons. The molecule has 1 amide bonds. The molecule has 0 saturated heterocycles. The van der Waals surface area contributed by atoms with Crippen LogP contribution in [0, 0.1) is 0 Å². The van der Waals surface area contributed by atoms with E-state index in [-0.39, 0.29) is 5.91 Å². The van der Waals surface area contributed by atoms with Gasteiger partial charge in [-0.1, -0.05) is 65.2 Å². The first-order chi connectivity index (χ1) is 8.70. The number of rotatable bonds is 12. The maximum atomic E-state index is 11.7. The summed E-state index contributed by atoms with van der Waals surface area (Å²) in [7, 11) is 0. The molecule has 0 aromatic carbocycles. The Labute approximate surface area is 114 Å². The van der Waals surface area contributed by atoms with Crippen LogP contribution in [0.2, 0.25) is 0 Å². The number of nitrogens with one attached hydrogen (secondary N) is 1. The highest BCUT2D eigenvalue weighted by atomic mass is 16.1. The predicted octanol–water partition coefficient (Wildman–Crippen LogP) is 4.82. The monoisotopic (exact) mass is 255 g/mol. The van der Waals surface area contributed by atoms with Gasteiger partial charge in [0.05, 0.1) is 0 Å². The molecule has 0 saturated carbocycles. The number of hydrogen-bond donors (Lipinski definition) is 1. The molecule has 2 heteroatoms. The smallest absolute Gasteiger partial charge is 0.220 e. The van der Waals surface area contributed by atoms with Crippen molar-refractivity contribution in [2.45, 2.75) is 97.4 Å². The molecule has 1 N–H and O–H groups in total. The summed E-state index contributed by atoms with van der Waals surface area (Å²) in [5.41, 5.74) is 0. The Morgan fingerprint density at radius 1 is 0.889 bits per heavy atom. The van der Waals surface area contributed by atoms with Crippen molar-refractivity contribution in [3.05, 3.63) is 0 Å². The first-order valence-electron chi connectivity index (χ1n) is 8.00. The van der Waals surface area contributed by atoms with Crippen LogP contribution in [0.5, 0.6) is 0 Å². The summed E-state index contributed by atoms with van der Waals surface area (Å²) < 4.78 is 0. The van der Waals surface area contributed by atoms with Crippen molar-refractivity contribution in [2.75, 3.05) is 0 Å². The summed E-state index contributed by atoms with van der Waals surface area (Å²) in [6.45, 7) is 6.56. The van der Waals surface area contributed by atoms with E-state index in [1.807, 2.05) is 0 Å². The molecule has 0 aromatic heterocycles. The molecular formula is C16H33NO. The van der Waals surface area contributed by atoms with Crippen LogP contribution in [-0.2, 0) is 4.79 Å². The van der Waals surface area contributed by atoms with Gasteiger partial charge in [0.25, 0.3) is 0 Å². The van der Waals surface area contributed by atoms with E-state index in [2.05, 4.69) is 26.1 Å². The summed E-state index contributed by atoms with van der Waals surface area (Å²) in [5, 5.41) is 3.10. The zero-order chi connectivity index (χ0) is 13.6. The van der Waals surface area contributed by atoms with Gasteiger partial charge in [0.2, 0.25) is 5.91 Å². The van der Waals surface area contributed by atoms with Crippen molar-refractivity contribution in [3.63, 3.8) is 0 Å². The number of unbranched alkanes of at least 4 members (excludes halogenated alkanes) is 7. The normalized spacial score (nSPS) is 12.4. The minimum atomic E-state index is 0.245. The SMILES string of the molecule is CCCCCCCCC(=O)NC(C)CCCCC. The average Bonchev–Trinajstić information content (AvgIpc) is 2.34. The lowest BCUT2D eigenvalue weighted by atomic mass is 10.1. The van der Waals surface area contributed by atoms with Crippen LogP contribution in [0.4, 0.5) is 0 Å². The fraction of sp³-hybridized carbons (Fsp3) is 0.938. The number of carbonyl (C=O) groups excluding carboxylic acids is 1. The number of carbonyl (C=O) groups is 1. The van der Waals surface area contributed by atoms with Gasteiger partial charge in [-0.15, -0.1) is 0 Å². The second-order valence-electron chi connectivity index (χ2n) is 5.48. The Morgan fingerprint density at radius 3 is 2.11 bits per heavy atom. The molecule has 1 unspecified atom stereocenters.